The largest absolute Gasteiger partial charge is 0.377 e. The van der Waals surface area contributed by atoms with Crippen LogP contribution in [0.15, 0.2) is 12.2 Å². The van der Waals surface area contributed by atoms with E-state index in [-0.39, 0.29) is 0 Å². The number of unbranched alkanes of at least 4 members (excludes halogenated alkanes) is 1. The zero-order valence-electron chi connectivity index (χ0n) is 7.10. The predicted octanol–water partition coefficient (Wildman–Crippen LogP) is 2.77. The molecular weight excluding hydrogens is 124 g/mol. The molecule has 1 heteroatoms. The maximum absolute atomic E-state index is 5.29. The van der Waals surface area contributed by atoms with Crippen LogP contribution in [0.25, 0.3) is 0 Å². The van der Waals surface area contributed by atoms with Crippen molar-refractivity contribution in [2.24, 2.45) is 0 Å². The normalized spacial score (nSPS) is 11.0. The maximum atomic E-state index is 5.29. The van der Waals surface area contributed by atoms with Crippen LogP contribution in [0.1, 0.15) is 33.1 Å². The first-order valence-electron chi connectivity index (χ1n) is 4.14. The minimum Gasteiger partial charge on any atom is -0.377 e. The Bertz CT molecular complexity index is 76.8. The zero-order valence-corrected chi connectivity index (χ0v) is 7.10. The lowest BCUT2D eigenvalue weighted by atomic mass is 10.4. The summed E-state index contributed by atoms with van der Waals surface area (Å²) in [6, 6.07) is 0. The van der Waals surface area contributed by atoms with Crippen LogP contribution in [0.2, 0.25) is 0 Å². The SMILES string of the molecule is CCC=CCOCCCC. The average Bonchev–Trinajstić information content (AvgIpc) is 1.97. The molecular formula is C9H18O. The highest BCUT2D eigenvalue weighted by Crippen LogP contribution is 1.88. The summed E-state index contributed by atoms with van der Waals surface area (Å²) in [5.74, 6) is 0. The number of rotatable bonds is 6. The molecule has 0 saturated heterocycles. The molecule has 1 nitrogen and oxygen atoms in total. The van der Waals surface area contributed by atoms with E-state index in [1.165, 1.54) is 12.8 Å². The van der Waals surface area contributed by atoms with Crippen LogP contribution < -0.4 is 0 Å². The molecule has 0 heterocycles. The Labute approximate surface area is 64.1 Å². The standard InChI is InChI=1S/C9H18O/c1-3-5-7-9-10-8-6-4-2/h5,7H,3-4,6,8-9H2,1-2H3. The number of hydrogen-bond acceptors (Lipinski definition) is 1. The van der Waals surface area contributed by atoms with Gasteiger partial charge in [0, 0.05) is 6.61 Å². The summed E-state index contributed by atoms with van der Waals surface area (Å²) in [4.78, 5) is 0. The van der Waals surface area contributed by atoms with Crippen LogP contribution in [-0.4, -0.2) is 13.2 Å². The molecule has 0 aromatic rings. The van der Waals surface area contributed by atoms with Crippen molar-refractivity contribution < 1.29 is 4.74 Å². The summed E-state index contributed by atoms with van der Waals surface area (Å²) in [7, 11) is 0. The van der Waals surface area contributed by atoms with Gasteiger partial charge in [0.1, 0.15) is 0 Å². The van der Waals surface area contributed by atoms with Gasteiger partial charge in [0.25, 0.3) is 0 Å². The first-order valence-corrected chi connectivity index (χ1v) is 4.14. The smallest absolute Gasteiger partial charge is 0.0647 e. The van der Waals surface area contributed by atoms with Crippen LogP contribution in [0.4, 0.5) is 0 Å². The maximum Gasteiger partial charge on any atom is 0.0647 e. The van der Waals surface area contributed by atoms with Gasteiger partial charge < -0.3 is 4.74 Å². The van der Waals surface area contributed by atoms with Crippen LogP contribution >= 0.6 is 0 Å². The summed E-state index contributed by atoms with van der Waals surface area (Å²) in [6.07, 6.45) is 7.72. The summed E-state index contributed by atoms with van der Waals surface area (Å²) < 4.78 is 5.29. The van der Waals surface area contributed by atoms with E-state index in [4.69, 9.17) is 4.74 Å². The number of ether oxygens (including phenoxy) is 1. The Morgan fingerprint density at radius 3 is 2.60 bits per heavy atom. The summed E-state index contributed by atoms with van der Waals surface area (Å²) in [6.45, 7) is 5.99. The van der Waals surface area contributed by atoms with E-state index >= 15 is 0 Å². The van der Waals surface area contributed by atoms with Crippen molar-refractivity contribution in [2.45, 2.75) is 33.1 Å². The molecule has 0 rings (SSSR count). The Balaban J connectivity index is 2.83. The molecule has 0 aliphatic carbocycles. The van der Waals surface area contributed by atoms with Gasteiger partial charge in [-0.3, -0.25) is 0 Å². The summed E-state index contributed by atoms with van der Waals surface area (Å²) >= 11 is 0. The monoisotopic (exact) mass is 142 g/mol. The minimum absolute atomic E-state index is 0.786. The summed E-state index contributed by atoms with van der Waals surface area (Å²) in [5.41, 5.74) is 0. The molecule has 0 fully saturated rings. The van der Waals surface area contributed by atoms with Crippen molar-refractivity contribution in [2.75, 3.05) is 13.2 Å². The molecule has 0 amide bonds. The fourth-order valence-electron chi connectivity index (χ4n) is 0.632. The van der Waals surface area contributed by atoms with Gasteiger partial charge in [0.05, 0.1) is 6.61 Å². The lowest BCUT2D eigenvalue weighted by Crippen LogP contribution is -1.92. The predicted molar refractivity (Wildman–Crippen MR) is 45.2 cm³/mol. The lowest BCUT2D eigenvalue weighted by Gasteiger charge is -1.96. The molecule has 0 aliphatic heterocycles. The minimum atomic E-state index is 0.786. The van der Waals surface area contributed by atoms with Crippen molar-refractivity contribution in [3.63, 3.8) is 0 Å². The van der Waals surface area contributed by atoms with E-state index in [1.807, 2.05) is 0 Å². The molecule has 60 valence electrons. The van der Waals surface area contributed by atoms with E-state index in [2.05, 4.69) is 26.0 Å². The van der Waals surface area contributed by atoms with Crippen LogP contribution in [0, 0.1) is 0 Å². The molecule has 0 atom stereocenters. The van der Waals surface area contributed by atoms with E-state index in [9.17, 15) is 0 Å². The van der Waals surface area contributed by atoms with E-state index in [0.717, 1.165) is 19.6 Å². The van der Waals surface area contributed by atoms with Gasteiger partial charge in [-0.1, -0.05) is 32.4 Å². The molecule has 0 spiro atoms. The average molecular weight is 142 g/mol. The van der Waals surface area contributed by atoms with Gasteiger partial charge in [-0.05, 0) is 12.8 Å². The van der Waals surface area contributed by atoms with Crippen LogP contribution in [0.3, 0.4) is 0 Å². The molecule has 0 N–H and O–H groups in total. The Morgan fingerprint density at radius 2 is 2.00 bits per heavy atom. The Kier molecular flexibility index (Phi) is 8.44. The molecule has 0 aliphatic rings. The van der Waals surface area contributed by atoms with Crippen molar-refractivity contribution >= 4 is 0 Å². The zero-order chi connectivity index (χ0) is 7.66. The quantitative estimate of drug-likeness (QED) is 0.409. The second-order valence-corrected chi connectivity index (χ2v) is 2.31. The highest BCUT2D eigenvalue weighted by molar-refractivity contribution is 4.79. The molecule has 0 unspecified atom stereocenters. The summed E-state index contributed by atoms with van der Waals surface area (Å²) in [5, 5.41) is 0. The highest BCUT2D eigenvalue weighted by Gasteiger charge is 1.81. The topological polar surface area (TPSA) is 9.23 Å². The van der Waals surface area contributed by atoms with Crippen LogP contribution in [-0.2, 0) is 4.74 Å². The van der Waals surface area contributed by atoms with Gasteiger partial charge in [-0.2, -0.15) is 0 Å². The van der Waals surface area contributed by atoms with E-state index in [1.54, 1.807) is 0 Å². The van der Waals surface area contributed by atoms with Gasteiger partial charge in [-0.25, -0.2) is 0 Å². The lowest BCUT2D eigenvalue weighted by molar-refractivity contribution is 0.159. The van der Waals surface area contributed by atoms with Gasteiger partial charge >= 0.3 is 0 Å². The third kappa shape index (κ3) is 7.70. The van der Waals surface area contributed by atoms with E-state index in [0.29, 0.717) is 0 Å². The van der Waals surface area contributed by atoms with Crippen molar-refractivity contribution in [1.82, 2.24) is 0 Å². The number of hydrogen-bond donors (Lipinski definition) is 0. The highest BCUT2D eigenvalue weighted by atomic mass is 16.5. The third-order valence-electron chi connectivity index (χ3n) is 1.26. The first-order chi connectivity index (χ1) is 4.91. The Morgan fingerprint density at radius 1 is 1.20 bits per heavy atom. The second-order valence-electron chi connectivity index (χ2n) is 2.31. The van der Waals surface area contributed by atoms with Crippen molar-refractivity contribution in [3.8, 4) is 0 Å². The second kappa shape index (κ2) is 8.70. The van der Waals surface area contributed by atoms with Crippen molar-refractivity contribution in [1.29, 1.82) is 0 Å². The molecule has 0 radical (unpaired) electrons. The van der Waals surface area contributed by atoms with Gasteiger partial charge in [-0.15, -0.1) is 0 Å². The first kappa shape index (κ1) is 9.70. The molecule has 10 heavy (non-hydrogen) atoms. The van der Waals surface area contributed by atoms with Crippen LogP contribution in [0.5, 0.6) is 0 Å². The fraction of sp³-hybridized carbons (Fsp3) is 0.778. The molecule has 0 saturated carbocycles. The Hall–Kier alpha value is -0.300. The van der Waals surface area contributed by atoms with E-state index < -0.39 is 0 Å². The molecule has 0 aromatic heterocycles. The third-order valence-corrected chi connectivity index (χ3v) is 1.26. The molecule has 0 aromatic carbocycles. The van der Waals surface area contributed by atoms with Gasteiger partial charge in [0.2, 0.25) is 0 Å². The molecule has 0 bridgehead atoms. The van der Waals surface area contributed by atoms with Gasteiger partial charge in [0.15, 0.2) is 0 Å². The fourth-order valence-corrected chi connectivity index (χ4v) is 0.632. The van der Waals surface area contributed by atoms with Crippen molar-refractivity contribution in [3.05, 3.63) is 12.2 Å². The number of allylic oxidation sites excluding steroid dienone is 1.